The van der Waals surface area contributed by atoms with Gasteiger partial charge in [-0.15, -0.1) is 0 Å². The van der Waals surface area contributed by atoms with Gasteiger partial charge in [0.1, 0.15) is 22.2 Å². The third-order valence-electron chi connectivity index (χ3n) is 6.19. The van der Waals surface area contributed by atoms with E-state index < -0.39 is 5.97 Å². The van der Waals surface area contributed by atoms with Gasteiger partial charge >= 0.3 is 5.97 Å². The Bertz CT molecular complexity index is 1670. The molecule has 0 radical (unpaired) electrons. The molecule has 5 nitrogen and oxygen atoms in total. The number of nitrogens with zero attached hydrogens (tertiary/aromatic N) is 2. The minimum absolute atomic E-state index is 0.0248. The van der Waals surface area contributed by atoms with Gasteiger partial charge in [-0.2, -0.15) is 0 Å². The maximum Gasteiger partial charge on any atom is 0.344 e. The van der Waals surface area contributed by atoms with E-state index in [1.165, 1.54) is 17.8 Å². The Balaban J connectivity index is 1.61. The molecule has 4 aromatic rings. The van der Waals surface area contributed by atoms with Crippen molar-refractivity contribution < 1.29 is 19.0 Å². The lowest BCUT2D eigenvalue weighted by atomic mass is 10.1. The molecule has 0 unspecified atom stereocenters. The Kier molecular flexibility index (Phi) is 7.98. The molecule has 0 aliphatic carbocycles. The smallest absolute Gasteiger partial charge is 0.344 e. The number of aliphatic hydroxyl groups is 1. The fourth-order valence-electron chi connectivity index (χ4n) is 4.27. The molecule has 3 aromatic carbocycles. The minimum Gasteiger partial charge on any atom is -0.506 e. The minimum atomic E-state index is -0.642. The number of carbonyl (C=O) groups is 1. The first kappa shape index (κ1) is 27.2. The first-order valence-electron chi connectivity index (χ1n) is 12.1. The van der Waals surface area contributed by atoms with E-state index in [4.69, 9.17) is 16.3 Å². The molecule has 0 bridgehead atoms. The summed E-state index contributed by atoms with van der Waals surface area (Å²) in [4.78, 5) is 17.9. The number of hydrogen-bond acceptors (Lipinski definition) is 5. The molecule has 198 valence electrons. The summed E-state index contributed by atoms with van der Waals surface area (Å²) >= 11 is 11.0. The van der Waals surface area contributed by atoms with Crippen LogP contribution in [-0.2, 0) is 16.1 Å². The first-order chi connectivity index (χ1) is 18.7. The number of fused-ring (bicyclic) bond motifs is 1. The molecule has 9 heteroatoms. The second-order valence-corrected chi connectivity index (χ2v) is 11.2. The molecule has 1 aliphatic heterocycles. The Morgan fingerprint density at radius 2 is 1.97 bits per heavy atom. The van der Waals surface area contributed by atoms with Gasteiger partial charge in [0.05, 0.1) is 23.7 Å². The Labute approximate surface area is 242 Å². The van der Waals surface area contributed by atoms with Crippen LogP contribution in [0.15, 0.2) is 92.6 Å². The average molecular weight is 626 g/mol. The lowest BCUT2D eigenvalue weighted by molar-refractivity contribution is -0.138. The van der Waals surface area contributed by atoms with Crippen LogP contribution in [0.4, 0.5) is 10.1 Å². The average Bonchev–Trinajstić information content (AvgIpc) is 3.39. The number of aliphatic imine (C=N–C) groups is 1. The predicted octanol–water partition coefficient (Wildman–Crippen LogP) is 8.75. The van der Waals surface area contributed by atoms with Crippen molar-refractivity contribution in [3.8, 4) is 0 Å². The number of esters is 1. The van der Waals surface area contributed by atoms with E-state index in [1.807, 2.05) is 60.2 Å². The zero-order valence-electron chi connectivity index (χ0n) is 21.0. The SMILES string of the molecule is CCOC(=O)C1=C(O)/C(=C/c2cn(Cc3c(F)cccc3Cl)c3ccc(Br)cc23)SC1=Nc1ccc(C)cc1. The van der Waals surface area contributed by atoms with Gasteiger partial charge in [0.2, 0.25) is 0 Å². The van der Waals surface area contributed by atoms with Gasteiger partial charge in [0.25, 0.3) is 0 Å². The van der Waals surface area contributed by atoms with Gasteiger partial charge in [0, 0.05) is 37.7 Å². The van der Waals surface area contributed by atoms with Gasteiger partial charge in [0.15, 0.2) is 0 Å². The molecule has 2 heterocycles. The molecule has 1 aliphatic rings. The third kappa shape index (κ3) is 5.69. The predicted molar refractivity (Wildman–Crippen MR) is 160 cm³/mol. The molecule has 0 saturated heterocycles. The van der Waals surface area contributed by atoms with Crippen LogP contribution in [0.2, 0.25) is 5.02 Å². The van der Waals surface area contributed by atoms with Gasteiger partial charge in [-0.1, -0.05) is 63.1 Å². The van der Waals surface area contributed by atoms with Crippen LogP contribution in [-0.4, -0.2) is 27.3 Å². The van der Waals surface area contributed by atoms with Crippen molar-refractivity contribution in [2.24, 2.45) is 4.99 Å². The lowest BCUT2D eigenvalue weighted by Gasteiger charge is -2.08. The molecule has 0 atom stereocenters. The summed E-state index contributed by atoms with van der Waals surface area (Å²) in [6, 6.07) is 18.0. The zero-order chi connectivity index (χ0) is 27.7. The fourth-order valence-corrected chi connectivity index (χ4v) is 5.88. The summed E-state index contributed by atoms with van der Waals surface area (Å²) in [6.07, 6.45) is 3.67. The zero-order valence-corrected chi connectivity index (χ0v) is 24.2. The molecular formula is C30H23BrClFN2O3S. The number of thioether (sulfide) groups is 1. The van der Waals surface area contributed by atoms with Crippen LogP contribution in [0, 0.1) is 12.7 Å². The van der Waals surface area contributed by atoms with E-state index >= 15 is 0 Å². The van der Waals surface area contributed by atoms with Crippen LogP contribution < -0.4 is 0 Å². The molecule has 1 aromatic heterocycles. The van der Waals surface area contributed by atoms with Gasteiger partial charge < -0.3 is 14.4 Å². The molecule has 5 rings (SSSR count). The van der Waals surface area contributed by atoms with Crippen molar-refractivity contribution in [2.75, 3.05) is 6.61 Å². The molecule has 0 fully saturated rings. The Morgan fingerprint density at radius 1 is 1.21 bits per heavy atom. The first-order valence-corrected chi connectivity index (χ1v) is 14.1. The Hall–Kier alpha value is -3.33. The molecule has 1 N–H and O–H groups in total. The van der Waals surface area contributed by atoms with E-state index in [9.17, 15) is 14.3 Å². The van der Waals surface area contributed by atoms with Crippen LogP contribution in [0.3, 0.4) is 0 Å². The molecule has 0 spiro atoms. The highest BCUT2D eigenvalue weighted by molar-refractivity contribution is 9.10. The van der Waals surface area contributed by atoms with Crippen LogP contribution >= 0.6 is 39.3 Å². The maximum absolute atomic E-state index is 14.6. The summed E-state index contributed by atoms with van der Waals surface area (Å²) in [5.74, 6) is -1.22. The molecular weight excluding hydrogens is 603 g/mol. The summed E-state index contributed by atoms with van der Waals surface area (Å²) < 4.78 is 22.6. The number of benzene rings is 3. The second kappa shape index (κ2) is 11.4. The van der Waals surface area contributed by atoms with Crippen LogP contribution in [0.25, 0.3) is 17.0 Å². The third-order valence-corrected chi connectivity index (χ3v) is 8.05. The molecule has 0 saturated carbocycles. The quantitative estimate of drug-likeness (QED) is 0.218. The monoisotopic (exact) mass is 624 g/mol. The summed E-state index contributed by atoms with van der Waals surface area (Å²) in [6.45, 7) is 4.07. The number of rotatable bonds is 6. The summed E-state index contributed by atoms with van der Waals surface area (Å²) in [5.41, 5.74) is 3.77. The van der Waals surface area contributed by atoms with E-state index in [-0.39, 0.29) is 30.3 Å². The van der Waals surface area contributed by atoms with Crippen LogP contribution in [0.5, 0.6) is 0 Å². The van der Waals surface area contributed by atoms with Crippen molar-refractivity contribution >= 4 is 73.0 Å². The Morgan fingerprint density at radius 3 is 2.69 bits per heavy atom. The summed E-state index contributed by atoms with van der Waals surface area (Å²) in [5, 5.41) is 12.7. The van der Waals surface area contributed by atoms with Crippen molar-refractivity contribution in [3.63, 3.8) is 0 Å². The van der Waals surface area contributed by atoms with Crippen LogP contribution in [0.1, 0.15) is 23.6 Å². The number of halogens is 3. The standard InChI is InChI=1S/C30H23BrClFN2O3S/c1-3-38-30(37)27-28(36)26(39-29(27)34-20-10-7-17(2)8-11-20)13-18-15-35(25-12-9-19(31)14-21(18)25)16-22-23(32)5-4-6-24(22)33/h4-15,36H,3,16H2,1-2H3/b26-13-,34-29?. The summed E-state index contributed by atoms with van der Waals surface area (Å²) in [7, 11) is 0. The highest BCUT2D eigenvalue weighted by atomic mass is 79.9. The highest BCUT2D eigenvalue weighted by Crippen LogP contribution is 2.41. The van der Waals surface area contributed by atoms with Gasteiger partial charge in [-0.3, -0.25) is 0 Å². The number of ether oxygens (including phenoxy) is 1. The van der Waals surface area contributed by atoms with Gasteiger partial charge in [-0.05, 0) is 62.4 Å². The van der Waals surface area contributed by atoms with Crippen molar-refractivity contribution in [2.45, 2.75) is 20.4 Å². The maximum atomic E-state index is 14.6. The van der Waals surface area contributed by atoms with Gasteiger partial charge in [-0.25, -0.2) is 14.2 Å². The highest BCUT2D eigenvalue weighted by Gasteiger charge is 2.33. The normalized spacial score (nSPS) is 15.6. The number of aliphatic hydroxyl groups excluding tert-OH is 1. The molecule has 0 amide bonds. The largest absolute Gasteiger partial charge is 0.506 e. The van der Waals surface area contributed by atoms with E-state index in [1.54, 1.807) is 25.1 Å². The number of aryl methyl sites for hydroxylation is 1. The van der Waals surface area contributed by atoms with E-state index in [0.717, 1.165) is 26.5 Å². The van der Waals surface area contributed by atoms with Crippen molar-refractivity contribution in [1.29, 1.82) is 0 Å². The van der Waals surface area contributed by atoms with Crippen molar-refractivity contribution in [3.05, 3.63) is 115 Å². The second-order valence-electron chi connectivity index (χ2n) is 8.88. The number of carbonyl (C=O) groups excluding carboxylic acids is 1. The lowest BCUT2D eigenvalue weighted by Crippen LogP contribution is -2.12. The van der Waals surface area contributed by atoms with E-state index in [0.29, 0.717) is 26.2 Å². The number of aromatic nitrogens is 1. The van der Waals surface area contributed by atoms with E-state index in [2.05, 4.69) is 20.9 Å². The number of hydrogen-bond donors (Lipinski definition) is 1. The topological polar surface area (TPSA) is 63.8 Å². The van der Waals surface area contributed by atoms with Crippen molar-refractivity contribution in [1.82, 2.24) is 4.57 Å². The molecule has 39 heavy (non-hydrogen) atoms. The fraction of sp³-hybridized carbons (Fsp3) is 0.133.